The third kappa shape index (κ3) is 5.28. The number of amides is 1. The van der Waals surface area contributed by atoms with Crippen LogP contribution in [-0.2, 0) is 11.2 Å². The Labute approximate surface area is 180 Å². The van der Waals surface area contributed by atoms with E-state index in [0.717, 1.165) is 50.3 Å². The predicted octanol–water partition coefficient (Wildman–Crippen LogP) is 2.89. The van der Waals surface area contributed by atoms with Crippen molar-refractivity contribution in [2.45, 2.75) is 76.4 Å². The van der Waals surface area contributed by atoms with E-state index in [-0.39, 0.29) is 42.8 Å². The maximum absolute atomic E-state index is 12.7. The minimum absolute atomic E-state index is 0. The summed E-state index contributed by atoms with van der Waals surface area (Å²) in [6.07, 6.45) is 10.8. The molecular formula is C20H33Cl2N5O. The van der Waals surface area contributed by atoms with Crippen molar-refractivity contribution in [2.75, 3.05) is 18.0 Å². The summed E-state index contributed by atoms with van der Waals surface area (Å²) in [6, 6.07) is 2.97. The van der Waals surface area contributed by atoms with Crippen molar-refractivity contribution in [1.82, 2.24) is 20.6 Å². The number of halogens is 2. The first-order valence-corrected chi connectivity index (χ1v) is 10.3. The molecule has 1 amide bonds. The average Bonchev–Trinajstić information content (AvgIpc) is 3.13. The second kappa shape index (κ2) is 10.6. The van der Waals surface area contributed by atoms with E-state index in [4.69, 9.17) is 0 Å². The summed E-state index contributed by atoms with van der Waals surface area (Å²) in [5.41, 5.74) is 1.08. The fraction of sp³-hybridized carbons (Fsp3) is 0.750. The lowest BCUT2D eigenvalue weighted by Gasteiger charge is -2.33. The molecule has 28 heavy (non-hydrogen) atoms. The molecule has 1 aromatic heterocycles. The summed E-state index contributed by atoms with van der Waals surface area (Å²) in [7, 11) is 0. The molecule has 1 aliphatic carbocycles. The second-order valence-corrected chi connectivity index (χ2v) is 8.10. The number of hydrogen-bond acceptors (Lipinski definition) is 5. The van der Waals surface area contributed by atoms with Gasteiger partial charge in [0.1, 0.15) is 12.1 Å². The molecular weight excluding hydrogens is 397 g/mol. The van der Waals surface area contributed by atoms with E-state index in [0.29, 0.717) is 12.0 Å². The summed E-state index contributed by atoms with van der Waals surface area (Å²) in [5.74, 6) is 1.95. The molecule has 6 nitrogen and oxygen atoms in total. The zero-order valence-corrected chi connectivity index (χ0v) is 18.2. The van der Waals surface area contributed by atoms with Crippen LogP contribution in [0.5, 0.6) is 0 Å². The quantitative estimate of drug-likeness (QED) is 0.769. The van der Waals surface area contributed by atoms with Crippen molar-refractivity contribution in [1.29, 1.82) is 0 Å². The second-order valence-electron chi connectivity index (χ2n) is 8.10. The van der Waals surface area contributed by atoms with Crippen molar-refractivity contribution < 1.29 is 4.79 Å². The summed E-state index contributed by atoms with van der Waals surface area (Å²) in [5, 5.41) is 6.89. The summed E-state index contributed by atoms with van der Waals surface area (Å²) in [4.78, 5) is 23.7. The lowest BCUT2D eigenvalue weighted by atomic mass is 9.85. The Morgan fingerprint density at radius 1 is 1.18 bits per heavy atom. The van der Waals surface area contributed by atoms with E-state index in [9.17, 15) is 4.79 Å². The van der Waals surface area contributed by atoms with Gasteiger partial charge in [0.2, 0.25) is 5.91 Å². The number of rotatable bonds is 4. The highest BCUT2D eigenvalue weighted by Gasteiger charge is 2.38. The number of carbonyl (C=O) groups is 1. The molecule has 4 rings (SSSR count). The third-order valence-electron chi connectivity index (χ3n) is 6.42. The standard InChI is InChI=1S/C20H31N5O.2ClH/c1-2-15-12-19(22-13-21-15)25-9-7-16(8-10-25)23-20(26)18-11-14-5-3-4-6-17(14)24-18;;/h12-14,16-18,24H,2-11H2,1H3,(H,23,26);2*1H. The molecule has 1 aromatic rings. The highest BCUT2D eigenvalue weighted by Crippen LogP contribution is 2.33. The summed E-state index contributed by atoms with van der Waals surface area (Å²) < 4.78 is 0. The Hall–Kier alpha value is -1.11. The maximum atomic E-state index is 12.7. The Bertz CT molecular complexity index is 625. The van der Waals surface area contributed by atoms with Gasteiger partial charge in [0, 0.05) is 36.9 Å². The van der Waals surface area contributed by atoms with Crippen molar-refractivity contribution in [3.63, 3.8) is 0 Å². The highest BCUT2D eigenvalue weighted by atomic mass is 35.5. The maximum Gasteiger partial charge on any atom is 0.237 e. The Morgan fingerprint density at radius 3 is 2.64 bits per heavy atom. The topological polar surface area (TPSA) is 70.2 Å². The van der Waals surface area contributed by atoms with E-state index in [2.05, 4.69) is 38.5 Å². The zero-order valence-electron chi connectivity index (χ0n) is 16.6. The largest absolute Gasteiger partial charge is 0.356 e. The van der Waals surface area contributed by atoms with Crippen molar-refractivity contribution in [3.05, 3.63) is 18.1 Å². The van der Waals surface area contributed by atoms with Crippen LogP contribution >= 0.6 is 24.8 Å². The number of hydrogen-bond donors (Lipinski definition) is 2. The van der Waals surface area contributed by atoms with E-state index in [1.165, 1.54) is 25.7 Å². The molecule has 0 radical (unpaired) electrons. The predicted molar refractivity (Wildman–Crippen MR) is 117 cm³/mol. The van der Waals surface area contributed by atoms with Crippen LogP contribution in [0, 0.1) is 5.92 Å². The Morgan fingerprint density at radius 2 is 1.93 bits per heavy atom. The molecule has 0 aromatic carbocycles. The molecule has 3 aliphatic rings. The summed E-state index contributed by atoms with van der Waals surface area (Å²) in [6.45, 7) is 3.99. The molecule has 2 N–H and O–H groups in total. The van der Waals surface area contributed by atoms with Crippen LogP contribution in [0.15, 0.2) is 12.4 Å². The van der Waals surface area contributed by atoms with E-state index >= 15 is 0 Å². The normalized spacial score (nSPS) is 27.3. The fourth-order valence-electron chi connectivity index (χ4n) is 4.83. The number of fused-ring (bicyclic) bond motifs is 1. The van der Waals surface area contributed by atoms with Gasteiger partial charge in [-0.25, -0.2) is 9.97 Å². The molecule has 8 heteroatoms. The Balaban J connectivity index is 0.00000140. The van der Waals surface area contributed by atoms with Crippen LogP contribution in [0.1, 0.15) is 57.6 Å². The van der Waals surface area contributed by atoms with E-state index < -0.39 is 0 Å². The van der Waals surface area contributed by atoms with Gasteiger partial charge in [-0.05, 0) is 44.4 Å². The molecule has 1 saturated carbocycles. The number of carbonyl (C=O) groups excluding carboxylic acids is 1. The monoisotopic (exact) mass is 429 g/mol. The smallest absolute Gasteiger partial charge is 0.237 e. The molecule has 2 aliphatic heterocycles. The first-order chi connectivity index (χ1) is 12.7. The van der Waals surface area contributed by atoms with Crippen molar-refractivity contribution in [3.8, 4) is 0 Å². The number of piperidine rings is 1. The first-order valence-electron chi connectivity index (χ1n) is 10.3. The van der Waals surface area contributed by atoms with Gasteiger partial charge < -0.3 is 15.5 Å². The van der Waals surface area contributed by atoms with Crippen molar-refractivity contribution in [2.24, 2.45) is 5.92 Å². The van der Waals surface area contributed by atoms with E-state index in [1.807, 2.05) is 0 Å². The van der Waals surface area contributed by atoms with Crippen LogP contribution in [0.25, 0.3) is 0 Å². The number of anilines is 1. The van der Waals surface area contributed by atoms with Gasteiger partial charge in [0.15, 0.2) is 0 Å². The van der Waals surface area contributed by atoms with Gasteiger partial charge >= 0.3 is 0 Å². The lowest BCUT2D eigenvalue weighted by Crippen LogP contribution is -2.50. The van der Waals surface area contributed by atoms with Crippen LogP contribution < -0.4 is 15.5 Å². The number of aromatic nitrogens is 2. The van der Waals surface area contributed by atoms with Crippen LogP contribution in [0.4, 0.5) is 5.82 Å². The first kappa shape index (κ1) is 23.2. The van der Waals surface area contributed by atoms with Gasteiger partial charge in [-0.1, -0.05) is 19.8 Å². The molecule has 2 saturated heterocycles. The van der Waals surface area contributed by atoms with Gasteiger partial charge in [0.05, 0.1) is 6.04 Å². The van der Waals surface area contributed by atoms with E-state index in [1.54, 1.807) is 6.33 Å². The van der Waals surface area contributed by atoms with Crippen LogP contribution in [0.2, 0.25) is 0 Å². The fourth-order valence-corrected chi connectivity index (χ4v) is 4.83. The van der Waals surface area contributed by atoms with Gasteiger partial charge in [-0.2, -0.15) is 0 Å². The van der Waals surface area contributed by atoms with Gasteiger partial charge in [0.25, 0.3) is 0 Å². The van der Waals surface area contributed by atoms with Crippen LogP contribution in [-0.4, -0.2) is 47.1 Å². The molecule has 3 atom stereocenters. The molecule has 3 unspecified atom stereocenters. The van der Waals surface area contributed by atoms with Crippen molar-refractivity contribution >= 4 is 36.5 Å². The molecule has 158 valence electrons. The molecule has 0 bridgehead atoms. The number of nitrogens with zero attached hydrogens (tertiary/aromatic N) is 3. The average molecular weight is 430 g/mol. The number of aryl methyl sites for hydroxylation is 1. The zero-order chi connectivity index (χ0) is 17.9. The van der Waals surface area contributed by atoms with Crippen LogP contribution in [0.3, 0.4) is 0 Å². The minimum atomic E-state index is 0. The SMILES string of the molecule is CCc1cc(N2CCC(NC(=O)C3CC4CCCCC4N3)CC2)ncn1.Cl.Cl. The molecule has 3 heterocycles. The summed E-state index contributed by atoms with van der Waals surface area (Å²) >= 11 is 0. The third-order valence-corrected chi connectivity index (χ3v) is 6.42. The minimum Gasteiger partial charge on any atom is -0.356 e. The lowest BCUT2D eigenvalue weighted by molar-refractivity contribution is -0.123. The molecule has 0 spiro atoms. The highest BCUT2D eigenvalue weighted by molar-refractivity contribution is 5.85. The Kier molecular flexibility index (Phi) is 8.78. The van der Waals surface area contributed by atoms with Gasteiger partial charge in [-0.3, -0.25) is 4.79 Å². The number of nitrogens with one attached hydrogen (secondary N) is 2. The molecule has 3 fully saturated rings. The van der Waals surface area contributed by atoms with Gasteiger partial charge in [-0.15, -0.1) is 24.8 Å².